The zero-order valence-corrected chi connectivity index (χ0v) is 15.7. The molecule has 0 radical (unpaired) electrons. The molecule has 0 fully saturated rings. The monoisotopic (exact) mass is 402 g/mol. The first kappa shape index (κ1) is 20.3. The number of carbonyl (C=O) groups excluding carboxylic acids is 1. The first-order valence-electron chi connectivity index (χ1n) is 7.76. The van der Waals surface area contributed by atoms with Gasteiger partial charge in [-0.1, -0.05) is 25.4 Å². The van der Waals surface area contributed by atoms with E-state index in [0.29, 0.717) is 0 Å². The standard InChI is InChI=1S/C17H17ClF2N2O3S/c1-3-22(4-2)26(24,25)12-6-7-14(18)13(10-12)17(23)21-16-9-11(19)5-8-15(16)20/h5-10H,3-4H2,1-2H3,(H,21,23). The van der Waals surface area contributed by atoms with E-state index in [1.54, 1.807) is 13.8 Å². The summed E-state index contributed by atoms with van der Waals surface area (Å²) in [6, 6.07) is 6.27. The minimum Gasteiger partial charge on any atom is -0.319 e. The normalized spacial score (nSPS) is 11.6. The summed E-state index contributed by atoms with van der Waals surface area (Å²) in [5.74, 6) is -2.41. The third kappa shape index (κ3) is 4.20. The van der Waals surface area contributed by atoms with Crippen LogP contribution in [0.5, 0.6) is 0 Å². The van der Waals surface area contributed by atoms with Crippen LogP contribution in [-0.4, -0.2) is 31.7 Å². The second kappa shape index (κ2) is 8.11. The average Bonchev–Trinajstić information content (AvgIpc) is 2.59. The van der Waals surface area contributed by atoms with Gasteiger partial charge in [-0.05, 0) is 30.3 Å². The Hall–Kier alpha value is -2.03. The van der Waals surface area contributed by atoms with Gasteiger partial charge >= 0.3 is 0 Å². The quantitative estimate of drug-likeness (QED) is 0.796. The highest BCUT2D eigenvalue weighted by Gasteiger charge is 2.24. The lowest BCUT2D eigenvalue weighted by atomic mass is 10.2. The van der Waals surface area contributed by atoms with Gasteiger partial charge in [-0.3, -0.25) is 4.79 Å². The molecule has 0 unspecified atom stereocenters. The molecule has 0 spiro atoms. The van der Waals surface area contributed by atoms with E-state index in [1.807, 2.05) is 0 Å². The maximum atomic E-state index is 13.7. The van der Waals surface area contributed by atoms with Crippen molar-refractivity contribution in [2.75, 3.05) is 18.4 Å². The molecule has 0 atom stereocenters. The zero-order chi connectivity index (χ0) is 19.5. The first-order valence-corrected chi connectivity index (χ1v) is 9.58. The molecule has 0 bridgehead atoms. The van der Waals surface area contributed by atoms with Crippen LogP contribution in [0.2, 0.25) is 5.02 Å². The Kier molecular flexibility index (Phi) is 6.33. The van der Waals surface area contributed by atoms with E-state index >= 15 is 0 Å². The van der Waals surface area contributed by atoms with Gasteiger partial charge in [0.15, 0.2) is 0 Å². The molecule has 140 valence electrons. The van der Waals surface area contributed by atoms with Crippen molar-refractivity contribution in [1.29, 1.82) is 0 Å². The van der Waals surface area contributed by atoms with Crippen LogP contribution in [0.3, 0.4) is 0 Å². The topological polar surface area (TPSA) is 66.5 Å². The largest absolute Gasteiger partial charge is 0.319 e. The molecule has 0 aliphatic carbocycles. The highest BCUT2D eigenvalue weighted by atomic mass is 35.5. The number of anilines is 1. The highest BCUT2D eigenvalue weighted by Crippen LogP contribution is 2.25. The van der Waals surface area contributed by atoms with Crippen LogP contribution in [0.1, 0.15) is 24.2 Å². The van der Waals surface area contributed by atoms with Crippen molar-refractivity contribution < 1.29 is 22.0 Å². The number of hydrogen-bond acceptors (Lipinski definition) is 3. The summed E-state index contributed by atoms with van der Waals surface area (Å²) in [4.78, 5) is 12.3. The molecule has 0 heterocycles. The molecule has 0 saturated carbocycles. The molecule has 1 N–H and O–H groups in total. The molecule has 5 nitrogen and oxygen atoms in total. The van der Waals surface area contributed by atoms with Gasteiger partial charge in [-0.25, -0.2) is 17.2 Å². The van der Waals surface area contributed by atoms with Gasteiger partial charge in [0, 0.05) is 19.2 Å². The van der Waals surface area contributed by atoms with Crippen LogP contribution in [-0.2, 0) is 10.0 Å². The van der Waals surface area contributed by atoms with E-state index in [4.69, 9.17) is 11.6 Å². The molecular formula is C17H17ClF2N2O3S. The van der Waals surface area contributed by atoms with Crippen molar-refractivity contribution in [2.24, 2.45) is 0 Å². The van der Waals surface area contributed by atoms with Gasteiger partial charge in [0.1, 0.15) is 11.6 Å². The van der Waals surface area contributed by atoms with Gasteiger partial charge in [0.2, 0.25) is 10.0 Å². The smallest absolute Gasteiger partial charge is 0.257 e. The molecular weight excluding hydrogens is 386 g/mol. The number of sulfonamides is 1. The van der Waals surface area contributed by atoms with Crippen LogP contribution in [0.25, 0.3) is 0 Å². The van der Waals surface area contributed by atoms with Crippen molar-refractivity contribution in [1.82, 2.24) is 4.31 Å². The molecule has 0 saturated heterocycles. The molecule has 2 rings (SSSR count). The number of amides is 1. The van der Waals surface area contributed by atoms with Crippen LogP contribution < -0.4 is 5.32 Å². The third-order valence-electron chi connectivity index (χ3n) is 3.70. The zero-order valence-electron chi connectivity index (χ0n) is 14.1. The van der Waals surface area contributed by atoms with Crippen molar-refractivity contribution in [3.63, 3.8) is 0 Å². The number of nitrogens with zero attached hydrogens (tertiary/aromatic N) is 1. The Morgan fingerprint density at radius 1 is 1.12 bits per heavy atom. The van der Waals surface area contributed by atoms with Crippen molar-refractivity contribution in [3.8, 4) is 0 Å². The Labute approximate surface area is 155 Å². The fraction of sp³-hybridized carbons (Fsp3) is 0.235. The van der Waals surface area contributed by atoms with E-state index < -0.39 is 27.6 Å². The molecule has 2 aromatic carbocycles. The maximum Gasteiger partial charge on any atom is 0.257 e. The minimum atomic E-state index is -3.80. The van der Waals surface area contributed by atoms with Gasteiger partial charge in [-0.15, -0.1) is 0 Å². The van der Waals surface area contributed by atoms with Gasteiger partial charge in [0.05, 0.1) is 21.2 Å². The van der Waals surface area contributed by atoms with Crippen LogP contribution in [0.15, 0.2) is 41.3 Å². The van der Waals surface area contributed by atoms with E-state index in [1.165, 1.54) is 16.4 Å². The summed E-state index contributed by atoms with van der Waals surface area (Å²) in [5.41, 5.74) is -0.536. The second-order valence-electron chi connectivity index (χ2n) is 5.31. The highest BCUT2D eigenvalue weighted by molar-refractivity contribution is 7.89. The number of hydrogen-bond donors (Lipinski definition) is 1. The Balaban J connectivity index is 2.41. The second-order valence-corrected chi connectivity index (χ2v) is 7.65. The number of carbonyl (C=O) groups is 1. The average molecular weight is 403 g/mol. The number of halogens is 3. The number of nitrogens with one attached hydrogen (secondary N) is 1. The van der Waals surface area contributed by atoms with Crippen molar-refractivity contribution in [3.05, 3.63) is 58.6 Å². The molecule has 9 heteroatoms. The van der Waals surface area contributed by atoms with Gasteiger partial charge < -0.3 is 5.32 Å². The van der Waals surface area contributed by atoms with Crippen LogP contribution in [0, 0.1) is 11.6 Å². The van der Waals surface area contributed by atoms with E-state index in [-0.39, 0.29) is 34.3 Å². The predicted octanol–water partition coefficient (Wildman–Crippen LogP) is 3.90. The molecule has 0 aliphatic rings. The van der Waals surface area contributed by atoms with Crippen molar-refractivity contribution in [2.45, 2.75) is 18.7 Å². The first-order chi connectivity index (χ1) is 12.2. The maximum absolute atomic E-state index is 13.7. The number of benzene rings is 2. The van der Waals surface area contributed by atoms with E-state index in [9.17, 15) is 22.0 Å². The summed E-state index contributed by atoms with van der Waals surface area (Å²) in [5, 5.41) is 2.18. The fourth-order valence-corrected chi connectivity index (χ4v) is 4.02. The summed E-state index contributed by atoms with van der Waals surface area (Å²) < 4.78 is 53.3. The number of rotatable bonds is 6. The van der Waals surface area contributed by atoms with Gasteiger partial charge in [-0.2, -0.15) is 4.31 Å². The lowest BCUT2D eigenvalue weighted by molar-refractivity contribution is 0.102. The third-order valence-corrected chi connectivity index (χ3v) is 6.08. The Bertz CT molecular complexity index is 932. The summed E-state index contributed by atoms with van der Waals surface area (Å²) >= 11 is 5.99. The molecule has 0 aliphatic heterocycles. The molecule has 2 aromatic rings. The molecule has 1 amide bonds. The van der Waals surface area contributed by atoms with E-state index in [0.717, 1.165) is 24.3 Å². The Morgan fingerprint density at radius 2 is 1.77 bits per heavy atom. The van der Waals surface area contributed by atoms with Crippen LogP contribution in [0.4, 0.5) is 14.5 Å². The van der Waals surface area contributed by atoms with E-state index in [2.05, 4.69) is 5.32 Å². The fourth-order valence-electron chi connectivity index (χ4n) is 2.33. The Morgan fingerprint density at radius 3 is 2.38 bits per heavy atom. The van der Waals surface area contributed by atoms with Gasteiger partial charge in [0.25, 0.3) is 5.91 Å². The summed E-state index contributed by atoms with van der Waals surface area (Å²) in [7, 11) is -3.80. The predicted molar refractivity (Wildman–Crippen MR) is 95.9 cm³/mol. The summed E-state index contributed by atoms with van der Waals surface area (Å²) in [6.45, 7) is 3.91. The van der Waals surface area contributed by atoms with Crippen molar-refractivity contribution >= 4 is 33.2 Å². The lowest BCUT2D eigenvalue weighted by Crippen LogP contribution is -2.30. The molecule has 0 aromatic heterocycles. The summed E-state index contributed by atoms with van der Waals surface area (Å²) in [6.07, 6.45) is 0. The molecule has 26 heavy (non-hydrogen) atoms. The SMILES string of the molecule is CCN(CC)S(=O)(=O)c1ccc(Cl)c(C(=O)Nc2cc(F)ccc2F)c1. The lowest BCUT2D eigenvalue weighted by Gasteiger charge is -2.19. The van der Waals surface area contributed by atoms with Crippen LogP contribution >= 0.6 is 11.6 Å². The minimum absolute atomic E-state index is 0.0159.